The number of hydrogen-bond donors (Lipinski definition) is 3. The monoisotopic (exact) mass is 167 g/mol. The number of halogens is 1. The van der Waals surface area contributed by atoms with Crippen LogP contribution in [0.5, 0.6) is 0 Å². The first-order valence-electron chi connectivity index (χ1n) is 3.20. The van der Waals surface area contributed by atoms with E-state index in [4.69, 9.17) is 15.9 Å². The number of hydrogen-bond acceptors (Lipinski definition) is 3. The Labute approximate surface area is 66.6 Å². The van der Waals surface area contributed by atoms with Crippen LogP contribution < -0.4 is 5.73 Å². The van der Waals surface area contributed by atoms with E-state index >= 15 is 0 Å². The Balaban J connectivity index is 0.000000810. The summed E-state index contributed by atoms with van der Waals surface area (Å²) in [4.78, 5) is 0. The molecular formula is C6H14ClNO2. The van der Waals surface area contributed by atoms with Crippen molar-refractivity contribution in [3.05, 3.63) is 0 Å². The van der Waals surface area contributed by atoms with E-state index in [9.17, 15) is 0 Å². The van der Waals surface area contributed by atoms with Crippen LogP contribution in [0.2, 0.25) is 0 Å². The van der Waals surface area contributed by atoms with Crippen molar-refractivity contribution < 1.29 is 10.2 Å². The molecule has 0 saturated heterocycles. The van der Waals surface area contributed by atoms with Gasteiger partial charge in [0.05, 0.1) is 13.2 Å². The van der Waals surface area contributed by atoms with E-state index in [0.29, 0.717) is 0 Å². The van der Waals surface area contributed by atoms with Crippen molar-refractivity contribution in [1.82, 2.24) is 0 Å². The van der Waals surface area contributed by atoms with Crippen LogP contribution in [0.1, 0.15) is 12.8 Å². The van der Waals surface area contributed by atoms with Crippen LogP contribution in [0.25, 0.3) is 0 Å². The molecule has 1 aliphatic carbocycles. The lowest BCUT2D eigenvalue weighted by Crippen LogP contribution is -2.50. The Morgan fingerprint density at radius 3 is 1.80 bits per heavy atom. The molecule has 62 valence electrons. The molecule has 1 aliphatic rings. The molecule has 0 aliphatic heterocycles. The first kappa shape index (κ1) is 10.2. The quantitative estimate of drug-likeness (QED) is 0.520. The lowest BCUT2D eigenvalue weighted by atomic mass is 9.67. The third-order valence-electron chi connectivity index (χ3n) is 2.06. The van der Waals surface area contributed by atoms with E-state index in [1.54, 1.807) is 0 Å². The largest absolute Gasteiger partial charge is 0.396 e. The molecular weight excluding hydrogens is 154 g/mol. The van der Waals surface area contributed by atoms with E-state index in [1.165, 1.54) is 0 Å². The standard InChI is InChI=1S/C6H13NO2.ClH/c7-5-1-6(2-5,3-8)4-9;/h5,8-9H,1-4,7H2;1H. The first-order chi connectivity index (χ1) is 4.22. The highest BCUT2D eigenvalue weighted by molar-refractivity contribution is 5.85. The summed E-state index contributed by atoms with van der Waals surface area (Å²) >= 11 is 0. The fraction of sp³-hybridized carbons (Fsp3) is 1.00. The van der Waals surface area contributed by atoms with Crippen molar-refractivity contribution in [3.8, 4) is 0 Å². The van der Waals surface area contributed by atoms with Gasteiger partial charge in [-0.1, -0.05) is 0 Å². The third-order valence-corrected chi connectivity index (χ3v) is 2.06. The van der Waals surface area contributed by atoms with Gasteiger partial charge in [0.1, 0.15) is 0 Å². The van der Waals surface area contributed by atoms with Gasteiger partial charge in [-0.3, -0.25) is 0 Å². The zero-order chi connectivity index (χ0) is 6.91. The van der Waals surface area contributed by atoms with Crippen molar-refractivity contribution in [1.29, 1.82) is 0 Å². The molecule has 3 nitrogen and oxygen atoms in total. The smallest absolute Gasteiger partial charge is 0.0510 e. The average Bonchev–Trinajstić information content (AvgIpc) is 1.81. The van der Waals surface area contributed by atoms with Crippen molar-refractivity contribution in [2.75, 3.05) is 13.2 Å². The Kier molecular flexibility index (Phi) is 3.59. The van der Waals surface area contributed by atoms with Gasteiger partial charge in [0, 0.05) is 11.5 Å². The maximum absolute atomic E-state index is 8.74. The minimum atomic E-state index is -0.237. The topological polar surface area (TPSA) is 66.5 Å². The zero-order valence-electron chi connectivity index (χ0n) is 5.79. The summed E-state index contributed by atoms with van der Waals surface area (Å²) in [5.41, 5.74) is 5.25. The van der Waals surface area contributed by atoms with Gasteiger partial charge in [0.25, 0.3) is 0 Å². The molecule has 0 radical (unpaired) electrons. The van der Waals surface area contributed by atoms with Gasteiger partial charge in [0.2, 0.25) is 0 Å². The Hall–Kier alpha value is 0.170. The van der Waals surface area contributed by atoms with Crippen molar-refractivity contribution in [2.24, 2.45) is 11.1 Å². The van der Waals surface area contributed by atoms with Crippen molar-refractivity contribution >= 4 is 12.4 Å². The summed E-state index contributed by atoms with van der Waals surface area (Å²) in [7, 11) is 0. The van der Waals surface area contributed by atoms with Crippen LogP contribution >= 0.6 is 12.4 Å². The summed E-state index contributed by atoms with van der Waals surface area (Å²) < 4.78 is 0. The van der Waals surface area contributed by atoms with Crippen LogP contribution in [0.3, 0.4) is 0 Å². The van der Waals surface area contributed by atoms with E-state index in [-0.39, 0.29) is 37.1 Å². The molecule has 0 amide bonds. The molecule has 0 aromatic heterocycles. The van der Waals surface area contributed by atoms with Crippen LogP contribution in [0.4, 0.5) is 0 Å². The molecule has 1 fully saturated rings. The summed E-state index contributed by atoms with van der Waals surface area (Å²) in [6, 6.07) is 0.198. The molecule has 4 heteroatoms. The summed E-state index contributed by atoms with van der Waals surface area (Å²) in [5, 5.41) is 17.5. The lowest BCUT2D eigenvalue weighted by Gasteiger charge is -2.43. The molecule has 0 heterocycles. The second kappa shape index (κ2) is 3.53. The molecule has 0 bridgehead atoms. The average molecular weight is 168 g/mol. The summed E-state index contributed by atoms with van der Waals surface area (Å²) in [6.45, 7) is 0.133. The zero-order valence-corrected chi connectivity index (χ0v) is 6.60. The van der Waals surface area contributed by atoms with E-state index < -0.39 is 0 Å². The van der Waals surface area contributed by atoms with Gasteiger partial charge in [-0.15, -0.1) is 12.4 Å². The van der Waals surface area contributed by atoms with E-state index in [2.05, 4.69) is 0 Å². The molecule has 1 saturated carbocycles. The van der Waals surface area contributed by atoms with Gasteiger partial charge >= 0.3 is 0 Å². The minimum absolute atomic E-state index is 0. The Bertz CT molecular complexity index is 97.9. The molecule has 0 atom stereocenters. The number of rotatable bonds is 2. The Morgan fingerprint density at radius 2 is 1.70 bits per heavy atom. The van der Waals surface area contributed by atoms with Crippen LogP contribution in [0.15, 0.2) is 0 Å². The highest BCUT2D eigenvalue weighted by atomic mass is 35.5. The molecule has 0 aromatic rings. The van der Waals surface area contributed by atoms with E-state index in [0.717, 1.165) is 12.8 Å². The predicted octanol–water partition coefficient (Wildman–Crippen LogP) is -0.500. The second-order valence-corrected chi connectivity index (χ2v) is 2.98. The number of nitrogens with two attached hydrogens (primary N) is 1. The van der Waals surface area contributed by atoms with Crippen molar-refractivity contribution in [3.63, 3.8) is 0 Å². The van der Waals surface area contributed by atoms with E-state index in [1.807, 2.05) is 0 Å². The highest BCUT2D eigenvalue weighted by Crippen LogP contribution is 2.38. The SMILES string of the molecule is Cl.NC1CC(CO)(CO)C1. The predicted molar refractivity (Wildman–Crippen MR) is 41.1 cm³/mol. The molecule has 4 N–H and O–H groups in total. The van der Waals surface area contributed by atoms with Gasteiger partial charge < -0.3 is 15.9 Å². The fourth-order valence-corrected chi connectivity index (χ4v) is 1.36. The first-order valence-corrected chi connectivity index (χ1v) is 3.20. The summed E-state index contributed by atoms with van der Waals surface area (Å²) in [6.07, 6.45) is 1.53. The van der Waals surface area contributed by atoms with Crippen LogP contribution in [0, 0.1) is 5.41 Å². The maximum Gasteiger partial charge on any atom is 0.0510 e. The van der Waals surface area contributed by atoms with Gasteiger partial charge in [0.15, 0.2) is 0 Å². The lowest BCUT2D eigenvalue weighted by molar-refractivity contribution is -0.0221. The number of aliphatic hydroxyl groups excluding tert-OH is 2. The number of aliphatic hydroxyl groups is 2. The second-order valence-electron chi connectivity index (χ2n) is 2.98. The van der Waals surface area contributed by atoms with Gasteiger partial charge in [-0.25, -0.2) is 0 Å². The minimum Gasteiger partial charge on any atom is -0.396 e. The van der Waals surface area contributed by atoms with Gasteiger partial charge in [-0.05, 0) is 12.8 Å². The maximum atomic E-state index is 8.74. The van der Waals surface area contributed by atoms with Crippen LogP contribution in [-0.4, -0.2) is 29.5 Å². The Morgan fingerprint density at radius 1 is 1.30 bits per heavy atom. The molecule has 1 rings (SSSR count). The molecule has 0 unspecified atom stereocenters. The third kappa shape index (κ3) is 1.61. The van der Waals surface area contributed by atoms with Crippen LogP contribution in [-0.2, 0) is 0 Å². The highest BCUT2D eigenvalue weighted by Gasteiger charge is 2.41. The molecule has 0 spiro atoms. The van der Waals surface area contributed by atoms with Gasteiger partial charge in [-0.2, -0.15) is 0 Å². The summed E-state index contributed by atoms with van der Waals surface area (Å²) in [5.74, 6) is 0. The molecule has 10 heavy (non-hydrogen) atoms. The van der Waals surface area contributed by atoms with Crippen molar-refractivity contribution in [2.45, 2.75) is 18.9 Å². The fourth-order valence-electron chi connectivity index (χ4n) is 1.36. The molecule has 0 aromatic carbocycles. The normalized spacial score (nSPS) is 23.1.